The molecule has 1 aromatic heterocycles. The summed E-state index contributed by atoms with van der Waals surface area (Å²) < 4.78 is 0. The van der Waals surface area contributed by atoms with Gasteiger partial charge in [0.2, 0.25) is 0 Å². The molecule has 0 saturated heterocycles. The molecule has 0 saturated carbocycles. The van der Waals surface area contributed by atoms with E-state index in [4.69, 9.17) is 0 Å². The van der Waals surface area contributed by atoms with Crippen molar-refractivity contribution in [2.75, 3.05) is 6.66 Å². The van der Waals surface area contributed by atoms with Gasteiger partial charge in [0.05, 0.1) is 5.69 Å². The molecular formula is C6H9N2P. The number of nitrogens with zero attached hydrogens (tertiary/aromatic N) is 2. The van der Waals surface area contributed by atoms with Gasteiger partial charge in [-0.1, -0.05) is 0 Å². The van der Waals surface area contributed by atoms with Crippen LogP contribution >= 0.6 is 8.58 Å². The molecule has 0 aliphatic carbocycles. The quantitative estimate of drug-likeness (QED) is 0.578. The minimum absolute atomic E-state index is 0.933. The van der Waals surface area contributed by atoms with Crippen molar-refractivity contribution in [2.45, 2.75) is 6.16 Å². The molecule has 0 radical (unpaired) electrons. The average Bonchev–Trinajstić information content (AvgIpc) is 1.91. The van der Waals surface area contributed by atoms with Crippen molar-refractivity contribution in [3.63, 3.8) is 0 Å². The number of hydrogen-bond donors (Lipinski definition) is 0. The Hall–Kier alpha value is -0.490. The van der Waals surface area contributed by atoms with Crippen LogP contribution < -0.4 is 0 Å². The van der Waals surface area contributed by atoms with Gasteiger partial charge in [-0.05, 0) is 6.66 Å². The zero-order valence-electron chi connectivity index (χ0n) is 5.33. The highest BCUT2D eigenvalue weighted by Crippen LogP contribution is 2.09. The Morgan fingerprint density at radius 2 is 2.44 bits per heavy atom. The van der Waals surface area contributed by atoms with Crippen LogP contribution in [-0.2, 0) is 6.16 Å². The summed E-state index contributed by atoms with van der Waals surface area (Å²) in [4.78, 5) is 8.06. The van der Waals surface area contributed by atoms with Gasteiger partial charge in [-0.3, -0.25) is 9.97 Å². The number of aromatic nitrogens is 2. The van der Waals surface area contributed by atoms with Crippen LogP contribution in [0.3, 0.4) is 0 Å². The van der Waals surface area contributed by atoms with Gasteiger partial charge < -0.3 is 0 Å². The molecule has 1 unspecified atom stereocenters. The average molecular weight is 140 g/mol. The van der Waals surface area contributed by atoms with Crippen molar-refractivity contribution >= 4 is 8.58 Å². The summed E-state index contributed by atoms with van der Waals surface area (Å²) in [5.74, 6) is 0. The molecule has 0 amide bonds. The summed E-state index contributed by atoms with van der Waals surface area (Å²) in [6.07, 6.45) is 6.31. The summed E-state index contributed by atoms with van der Waals surface area (Å²) in [5, 5.41) is 0. The molecule has 3 heteroatoms. The Morgan fingerprint density at radius 1 is 1.56 bits per heavy atom. The summed E-state index contributed by atoms with van der Waals surface area (Å²) in [6, 6.07) is 0. The van der Waals surface area contributed by atoms with Gasteiger partial charge in [-0.15, -0.1) is 8.58 Å². The van der Waals surface area contributed by atoms with Crippen molar-refractivity contribution in [1.29, 1.82) is 0 Å². The van der Waals surface area contributed by atoms with Crippen LogP contribution in [0.5, 0.6) is 0 Å². The molecule has 0 aliphatic rings. The normalized spacial score (nSPS) is 10.8. The van der Waals surface area contributed by atoms with Gasteiger partial charge >= 0.3 is 0 Å². The van der Waals surface area contributed by atoms with E-state index in [1.165, 1.54) is 0 Å². The molecule has 1 rings (SSSR count). The maximum absolute atomic E-state index is 4.11. The molecule has 0 fully saturated rings. The third-order valence-corrected chi connectivity index (χ3v) is 1.69. The molecule has 2 nitrogen and oxygen atoms in total. The van der Waals surface area contributed by atoms with Crippen LogP contribution in [0.25, 0.3) is 0 Å². The Bertz CT molecular complexity index is 164. The first-order valence-corrected chi connectivity index (χ1v) is 4.53. The SMILES string of the molecule is CPCc1cnccn1. The fraction of sp³-hybridized carbons (Fsp3) is 0.333. The lowest BCUT2D eigenvalue weighted by Gasteiger charge is -1.92. The highest BCUT2D eigenvalue weighted by atomic mass is 31.1. The monoisotopic (exact) mass is 140 g/mol. The lowest BCUT2D eigenvalue weighted by atomic mass is 10.5. The van der Waals surface area contributed by atoms with E-state index in [1.807, 2.05) is 6.20 Å². The third-order valence-electron chi connectivity index (χ3n) is 0.975. The smallest absolute Gasteiger partial charge is 0.0626 e. The molecule has 1 aromatic rings. The second kappa shape index (κ2) is 3.52. The van der Waals surface area contributed by atoms with E-state index in [9.17, 15) is 0 Å². The van der Waals surface area contributed by atoms with Crippen molar-refractivity contribution in [1.82, 2.24) is 9.97 Å². The summed E-state index contributed by atoms with van der Waals surface area (Å²) >= 11 is 0. The predicted molar refractivity (Wildman–Crippen MR) is 40.0 cm³/mol. The second-order valence-electron chi connectivity index (χ2n) is 1.73. The second-order valence-corrected chi connectivity index (χ2v) is 2.79. The minimum atomic E-state index is 0.933. The first kappa shape index (κ1) is 6.63. The van der Waals surface area contributed by atoms with Gasteiger partial charge in [-0.2, -0.15) is 0 Å². The zero-order chi connectivity index (χ0) is 6.53. The van der Waals surface area contributed by atoms with Crippen LogP contribution in [-0.4, -0.2) is 16.6 Å². The van der Waals surface area contributed by atoms with E-state index in [0.29, 0.717) is 0 Å². The van der Waals surface area contributed by atoms with Crippen LogP contribution in [0.2, 0.25) is 0 Å². The molecule has 9 heavy (non-hydrogen) atoms. The van der Waals surface area contributed by atoms with Crippen molar-refractivity contribution in [3.8, 4) is 0 Å². The van der Waals surface area contributed by atoms with E-state index < -0.39 is 0 Å². The molecule has 0 bridgehead atoms. The van der Waals surface area contributed by atoms with E-state index in [-0.39, 0.29) is 0 Å². The highest BCUT2D eigenvalue weighted by molar-refractivity contribution is 7.36. The van der Waals surface area contributed by atoms with Crippen LogP contribution in [0.4, 0.5) is 0 Å². The Morgan fingerprint density at radius 3 is 3.00 bits per heavy atom. The Balaban J connectivity index is 2.61. The van der Waals surface area contributed by atoms with Gasteiger partial charge in [0, 0.05) is 24.8 Å². The number of rotatable bonds is 2. The Kier molecular flexibility index (Phi) is 2.59. The van der Waals surface area contributed by atoms with Crippen molar-refractivity contribution < 1.29 is 0 Å². The van der Waals surface area contributed by atoms with E-state index in [2.05, 4.69) is 16.6 Å². The molecule has 0 aliphatic heterocycles. The first-order chi connectivity index (χ1) is 4.43. The highest BCUT2D eigenvalue weighted by Gasteiger charge is 1.87. The van der Waals surface area contributed by atoms with Crippen molar-refractivity contribution in [3.05, 3.63) is 24.3 Å². The maximum atomic E-state index is 4.11. The van der Waals surface area contributed by atoms with E-state index in [0.717, 1.165) is 20.4 Å². The largest absolute Gasteiger partial charge is 0.261 e. The topological polar surface area (TPSA) is 25.8 Å². The van der Waals surface area contributed by atoms with Crippen LogP contribution in [0, 0.1) is 0 Å². The molecule has 1 atom stereocenters. The first-order valence-electron chi connectivity index (χ1n) is 2.83. The molecule has 0 spiro atoms. The molecule has 1 heterocycles. The molecular weight excluding hydrogens is 131 g/mol. The molecule has 48 valence electrons. The maximum Gasteiger partial charge on any atom is 0.0626 e. The summed E-state index contributed by atoms with van der Waals surface area (Å²) in [5.41, 5.74) is 1.10. The van der Waals surface area contributed by atoms with Crippen LogP contribution in [0.15, 0.2) is 18.6 Å². The standard InChI is InChI=1S/C6H9N2P/c1-9-5-6-4-7-2-3-8-6/h2-4,9H,5H2,1H3. The molecule has 0 aromatic carbocycles. The van der Waals surface area contributed by atoms with Crippen molar-refractivity contribution in [2.24, 2.45) is 0 Å². The predicted octanol–water partition coefficient (Wildman–Crippen LogP) is 1.28. The molecule has 0 N–H and O–H groups in total. The minimum Gasteiger partial charge on any atom is -0.261 e. The summed E-state index contributed by atoms with van der Waals surface area (Å²) in [7, 11) is 0.933. The van der Waals surface area contributed by atoms with Crippen LogP contribution in [0.1, 0.15) is 5.69 Å². The summed E-state index contributed by atoms with van der Waals surface area (Å²) in [6.45, 7) is 2.16. The fourth-order valence-electron chi connectivity index (χ4n) is 0.602. The third kappa shape index (κ3) is 2.06. The van der Waals surface area contributed by atoms with E-state index in [1.54, 1.807) is 12.4 Å². The van der Waals surface area contributed by atoms with Gasteiger partial charge in [0.25, 0.3) is 0 Å². The fourth-order valence-corrected chi connectivity index (χ4v) is 1.15. The van der Waals surface area contributed by atoms with Gasteiger partial charge in [-0.25, -0.2) is 0 Å². The van der Waals surface area contributed by atoms with Gasteiger partial charge in [0.15, 0.2) is 0 Å². The lowest BCUT2D eigenvalue weighted by Crippen LogP contribution is -1.84. The number of hydrogen-bond acceptors (Lipinski definition) is 2. The lowest BCUT2D eigenvalue weighted by molar-refractivity contribution is 1.10. The van der Waals surface area contributed by atoms with Gasteiger partial charge in [0.1, 0.15) is 0 Å². The zero-order valence-corrected chi connectivity index (χ0v) is 6.33. The Labute approximate surface area is 56.5 Å². The van der Waals surface area contributed by atoms with E-state index >= 15 is 0 Å².